The highest BCUT2D eigenvalue weighted by Crippen LogP contribution is 2.21. The third kappa shape index (κ3) is 6.65. The molecule has 1 aromatic rings. The Kier molecular flexibility index (Phi) is 8.35. The Morgan fingerprint density at radius 1 is 1.24 bits per heavy atom. The molecule has 0 aromatic heterocycles. The van der Waals surface area contributed by atoms with Crippen molar-refractivity contribution in [2.45, 2.75) is 52.5 Å². The Hall–Kier alpha value is -1.63. The topological polar surface area (TPSA) is 66.5 Å². The summed E-state index contributed by atoms with van der Waals surface area (Å²) in [6.07, 6.45) is 5.25. The fourth-order valence-electron chi connectivity index (χ4n) is 2.73. The molecule has 0 saturated carbocycles. The first kappa shape index (κ1) is 21.4. The fourth-order valence-corrected chi connectivity index (χ4v) is 3.91. The number of benzene rings is 1. The second kappa shape index (κ2) is 9.75. The molecule has 0 fully saturated rings. The number of nitrogens with zero attached hydrogens (tertiary/aromatic N) is 1. The highest BCUT2D eigenvalue weighted by Gasteiger charge is 2.29. The van der Waals surface area contributed by atoms with Gasteiger partial charge >= 0.3 is 0 Å². The van der Waals surface area contributed by atoms with Crippen LogP contribution in [0.5, 0.6) is 0 Å². The first-order valence-corrected chi connectivity index (χ1v) is 10.6. The molecule has 0 bridgehead atoms. The zero-order valence-corrected chi connectivity index (χ0v) is 16.3. The normalized spacial score (nSPS) is 14.0. The maximum atomic E-state index is 13.1. The predicted molar refractivity (Wildman–Crippen MR) is 99.5 cm³/mol. The van der Waals surface area contributed by atoms with E-state index in [-0.39, 0.29) is 11.6 Å². The molecule has 5 nitrogen and oxygen atoms in total. The van der Waals surface area contributed by atoms with Crippen molar-refractivity contribution in [3.05, 3.63) is 30.1 Å². The molecule has 2 unspecified atom stereocenters. The molecule has 0 aliphatic rings. The number of carbonyl (C=O) groups excluding carboxylic acids is 1. The number of halogens is 1. The van der Waals surface area contributed by atoms with Crippen molar-refractivity contribution in [2.24, 2.45) is 5.92 Å². The van der Waals surface area contributed by atoms with Crippen LogP contribution in [0, 0.1) is 11.7 Å². The maximum Gasteiger partial charge on any atom is 0.243 e. The maximum absolute atomic E-state index is 13.1. The average molecular weight is 373 g/mol. The van der Waals surface area contributed by atoms with Crippen LogP contribution in [0.2, 0.25) is 0 Å². The molecule has 0 aliphatic carbocycles. The summed E-state index contributed by atoms with van der Waals surface area (Å²) in [6.45, 7) is 6.27. The number of nitrogens with one attached hydrogen (secondary N) is 1. The molecule has 0 radical (unpaired) electrons. The number of hydrogen-bond donors (Lipinski definition) is 1. The number of rotatable bonds is 10. The van der Waals surface area contributed by atoms with Gasteiger partial charge in [-0.3, -0.25) is 9.10 Å². The number of amides is 1. The van der Waals surface area contributed by atoms with E-state index in [1.165, 1.54) is 31.2 Å². The summed E-state index contributed by atoms with van der Waals surface area (Å²) in [6, 6.07) is 4.16. The quantitative estimate of drug-likeness (QED) is 0.685. The van der Waals surface area contributed by atoms with Gasteiger partial charge in [0.15, 0.2) is 0 Å². The number of hydrogen-bond acceptors (Lipinski definition) is 3. The third-order valence-corrected chi connectivity index (χ3v) is 5.52. The smallest absolute Gasteiger partial charge is 0.243 e. The number of carbonyl (C=O) groups is 1. The van der Waals surface area contributed by atoms with E-state index in [2.05, 4.69) is 19.2 Å². The standard InChI is InChI=1S/C18H29FN2O3S/c1-5-7-8-15(6-2)13-20-18(22)14(3)21(25(4,23)24)17-11-9-16(19)10-12-17/h9-12,14-15H,5-8,13H2,1-4H3,(H,20,22). The molecule has 0 aliphatic heterocycles. The van der Waals surface area contributed by atoms with Gasteiger partial charge in [-0.25, -0.2) is 12.8 Å². The first-order valence-electron chi connectivity index (χ1n) is 8.73. The Labute approximate surface area is 150 Å². The van der Waals surface area contributed by atoms with Crippen LogP contribution in [-0.4, -0.2) is 33.2 Å². The van der Waals surface area contributed by atoms with Gasteiger partial charge in [-0.05, 0) is 43.5 Å². The molecule has 25 heavy (non-hydrogen) atoms. The lowest BCUT2D eigenvalue weighted by atomic mass is 9.99. The predicted octanol–water partition coefficient (Wildman–Crippen LogP) is 3.31. The molecule has 1 rings (SSSR count). The van der Waals surface area contributed by atoms with Gasteiger partial charge in [-0.2, -0.15) is 0 Å². The average Bonchev–Trinajstić information content (AvgIpc) is 2.55. The van der Waals surface area contributed by atoms with Crippen molar-refractivity contribution in [3.8, 4) is 0 Å². The molecule has 1 N–H and O–H groups in total. The Morgan fingerprint density at radius 3 is 2.32 bits per heavy atom. The van der Waals surface area contributed by atoms with Crippen LogP contribution in [-0.2, 0) is 14.8 Å². The molecule has 0 heterocycles. The van der Waals surface area contributed by atoms with E-state index in [1.807, 2.05) is 0 Å². The molecule has 0 saturated heterocycles. The van der Waals surface area contributed by atoms with E-state index in [9.17, 15) is 17.6 Å². The number of sulfonamides is 1. The minimum absolute atomic E-state index is 0.268. The summed E-state index contributed by atoms with van der Waals surface area (Å²) < 4.78 is 38.4. The van der Waals surface area contributed by atoms with E-state index in [0.717, 1.165) is 36.2 Å². The Morgan fingerprint density at radius 2 is 1.84 bits per heavy atom. The van der Waals surface area contributed by atoms with E-state index in [4.69, 9.17) is 0 Å². The molecule has 7 heteroatoms. The summed E-state index contributed by atoms with van der Waals surface area (Å²) >= 11 is 0. The SMILES string of the molecule is CCCCC(CC)CNC(=O)C(C)N(c1ccc(F)cc1)S(C)(=O)=O. The Balaban J connectivity index is 2.85. The van der Waals surface area contributed by atoms with Crippen molar-refractivity contribution in [3.63, 3.8) is 0 Å². The van der Waals surface area contributed by atoms with Gasteiger partial charge in [-0.1, -0.05) is 33.1 Å². The highest BCUT2D eigenvalue weighted by molar-refractivity contribution is 7.92. The van der Waals surface area contributed by atoms with E-state index in [0.29, 0.717) is 12.5 Å². The molecule has 1 aromatic carbocycles. The van der Waals surface area contributed by atoms with E-state index in [1.54, 1.807) is 0 Å². The lowest BCUT2D eigenvalue weighted by Crippen LogP contribution is -2.48. The second-order valence-electron chi connectivity index (χ2n) is 6.37. The van der Waals surface area contributed by atoms with Gasteiger partial charge in [0.25, 0.3) is 0 Å². The van der Waals surface area contributed by atoms with Crippen molar-refractivity contribution in [2.75, 3.05) is 17.1 Å². The van der Waals surface area contributed by atoms with Crippen molar-refractivity contribution < 1.29 is 17.6 Å². The van der Waals surface area contributed by atoms with Gasteiger partial charge < -0.3 is 5.32 Å². The van der Waals surface area contributed by atoms with Crippen LogP contribution in [0.4, 0.5) is 10.1 Å². The highest BCUT2D eigenvalue weighted by atomic mass is 32.2. The van der Waals surface area contributed by atoms with Crippen LogP contribution in [0.3, 0.4) is 0 Å². The fraction of sp³-hybridized carbons (Fsp3) is 0.611. The molecule has 1 amide bonds. The molecular weight excluding hydrogens is 343 g/mol. The van der Waals surface area contributed by atoms with Gasteiger partial charge in [0.1, 0.15) is 11.9 Å². The Bertz CT molecular complexity index is 647. The van der Waals surface area contributed by atoms with Crippen molar-refractivity contribution >= 4 is 21.6 Å². The van der Waals surface area contributed by atoms with Gasteiger partial charge in [0.05, 0.1) is 11.9 Å². The second-order valence-corrected chi connectivity index (χ2v) is 8.23. The summed E-state index contributed by atoms with van der Waals surface area (Å²) in [5.74, 6) is -0.436. The lowest BCUT2D eigenvalue weighted by molar-refractivity contribution is -0.122. The van der Waals surface area contributed by atoms with Gasteiger partial charge in [0.2, 0.25) is 15.9 Å². The van der Waals surface area contributed by atoms with Gasteiger partial charge in [0, 0.05) is 6.54 Å². The number of unbranched alkanes of at least 4 members (excludes halogenated alkanes) is 1. The van der Waals surface area contributed by atoms with Crippen LogP contribution < -0.4 is 9.62 Å². The van der Waals surface area contributed by atoms with Crippen LogP contribution in [0.15, 0.2) is 24.3 Å². The van der Waals surface area contributed by atoms with Crippen molar-refractivity contribution in [1.82, 2.24) is 5.32 Å². The van der Waals surface area contributed by atoms with E-state index < -0.39 is 21.9 Å². The minimum atomic E-state index is -3.68. The zero-order valence-electron chi connectivity index (χ0n) is 15.5. The van der Waals surface area contributed by atoms with Crippen LogP contribution in [0.25, 0.3) is 0 Å². The largest absolute Gasteiger partial charge is 0.354 e. The lowest BCUT2D eigenvalue weighted by Gasteiger charge is -2.28. The molecular formula is C18H29FN2O3S. The minimum Gasteiger partial charge on any atom is -0.354 e. The molecule has 0 spiro atoms. The first-order chi connectivity index (χ1) is 11.7. The van der Waals surface area contributed by atoms with E-state index >= 15 is 0 Å². The summed E-state index contributed by atoms with van der Waals surface area (Å²) in [7, 11) is -3.68. The van der Waals surface area contributed by atoms with Crippen LogP contribution in [0.1, 0.15) is 46.5 Å². The van der Waals surface area contributed by atoms with Gasteiger partial charge in [-0.15, -0.1) is 0 Å². The zero-order chi connectivity index (χ0) is 19.0. The summed E-state index contributed by atoms with van der Waals surface area (Å²) in [4.78, 5) is 12.5. The van der Waals surface area contributed by atoms with Crippen LogP contribution >= 0.6 is 0 Å². The molecule has 142 valence electrons. The summed E-state index contributed by atoms with van der Waals surface area (Å²) in [5, 5.41) is 2.86. The summed E-state index contributed by atoms with van der Waals surface area (Å²) in [5.41, 5.74) is 0.268. The monoisotopic (exact) mass is 372 g/mol. The van der Waals surface area contributed by atoms with Crippen molar-refractivity contribution in [1.29, 1.82) is 0 Å². The number of anilines is 1. The third-order valence-electron chi connectivity index (χ3n) is 4.28. The molecule has 2 atom stereocenters.